The Morgan fingerprint density at radius 2 is 2.38 bits per heavy atom. The summed E-state index contributed by atoms with van der Waals surface area (Å²) >= 11 is 1.66. The lowest BCUT2D eigenvalue weighted by atomic mass is 9.75. The average Bonchev–Trinajstić information content (AvgIpc) is 2.68. The molecule has 16 heavy (non-hydrogen) atoms. The van der Waals surface area contributed by atoms with Gasteiger partial charge in [-0.3, -0.25) is 4.79 Å². The minimum Gasteiger partial charge on any atom is -0.341 e. The summed E-state index contributed by atoms with van der Waals surface area (Å²) in [4.78, 5) is 13.7. The Morgan fingerprint density at radius 3 is 2.88 bits per heavy atom. The van der Waals surface area contributed by atoms with E-state index in [4.69, 9.17) is 5.73 Å². The van der Waals surface area contributed by atoms with Gasteiger partial charge in [-0.2, -0.15) is 11.3 Å². The third kappa shape index (κ3) is 2.62. The van der Waals surface area contributed by atoms with Crippen LogP contribution in [-0.2, 0) is 11.3 Å². The maximum atomic E-state index is 11.9. The van der Waals surface area contributed by atoms with E-state index in [2.05, 4.69) is 11.4 Å². The predicted octanol–water partition coefficient (Wildman–Crippen LogP) is 1.98. The van der Waals surface area contributed by atoms with Gasteiger partial charge in [-0.15, -0.1) is 0 Å². The second-order valence-electron chi connectivity index (χ2n) is 4.77. The summed E-state index contributed by atoms with van der Waals surface area (Å²) in [6.45, 7) is 0.693. The molecule has 0 aromatic carbocycles. The predicted molar refractivity (Wildman–Crippen MR) is 66.2 cm³/mol. The van der Waals surface area contributed by atoms with Crippen LogP contribution in [0.3, 0.4) is 0 Å². The van der Waals surface area contributed by atoms with Crippen LogP contribution >= 0.6 is 11.3 Å². The first-order valence-electron chi connectivity index (χ1n) is 5.63. The van der Waals surface area contributed by atoms with E-state index < -0.39 is 0 Å². The van der Waals surface area contributed by atoms with Crippen LogP contribution in [0.25, 0.3) is 0 Å². The van der Waals surface area contributed by atoms with Crippen molar-refractivity contribution in [3.8, 4) is 0 Å². The molecule has 0 aliphatic heterocycles. The average molecular weight is 238 g/mol. The van der Waals surface area contributed by atoms with Crippen molar-refractivity contribution >= 4 is 17.2 Å². The SMILES string of the molecule is CN(Cc1ccsc1)C(=O)CC1(N)CCC1. The van der Waals surface area contributed by atoms with E-state index >= 15 is 0 Å². The molecule has 3 nitrogen and oxygen atoms in total. The van der Waals surface area contributed by atoms with Crippen LogP contribution in [-0.4, -0.2) is 23.4 Å². The first-order chi connectivity index (χ1) is 7.59. The molecule has 0 radical (unpaired) electrons. The van der Waals surface area contributed by atoms with Gasteiger partial charge in [0.1, 0.15) is 0 Å². The Morgan fingerprint density at radius 1 is 1.62 bits per heavy atom. The molecule has 0 bridgehead atoms. The van der Waals surface area contributed by atoms with Crippen molar-refractivity contribution in [3.63, 3.8) is 0 Å². The van der Waals surface area contributed by atoms with Crippen LogP contribution in [0.1, 0.15) is 31.2 Å². The quantitative estimate of drug-likeness (QED) is 0.872. The highest BCUT2D eigenvalue weighted by Crippen LogP contribution is 2.32. The summed E-state index contributed by atoms with van der Waals surface area (Å²) in [5.41, 5.74) is 7.06. The molecule has 0 saturated heterocycles. The number of nitrogens with zero attached hydrogens (tertiary/aromatic N) is 1. The van der Waals surface area contributed by atoms with Crippen LogP contribution < -0.4 is 5.73 Å². The maximum Gasteiger partial charge on any atom is 0.224 e. The first-order valence-corrected chi connectivity index (χ1v) is 6.57. The Bertz CT molecular complexity index is 357. The molecule has 1 fully saturated rings. The number of carbonyl (C=O) groups is 1. The number of nitrogens with two attached hydrogens (primary N) is 1. The Kier molecular flexibility index (Phi) is 3.30. The van der Waals surface area contributed by atoms with Gasteiger partial charge < -0.3 is 10.6 Å². The maximum absolute atomic E-state index is 11.9. The van der Waals surface area contributed by atoms with Gasteiger partial charge in [-0.05, 0) is 41.7 Å². The third-order valence-electron chi connectivity index (χ3n) is 3.28. The molecular formula is C12H18N2OS. The zero-order chi connectivity index (χ0) is 11.6. The molecule has 0 unspecified atom stereocenters. The Balaban J connectivity index is 1.84. The van der Waals surface area contributed by atoms with Crippen LogP contribution in [0.5, 0.6) is 0 Å². The van der Waals surface area contributed by atoms with Crippen molar-refractivity contribution in [1.29, 1.82) is 0 Å². The standard InChI is InChI=1S/C12H18N2OS/c1-14(8-10-3-6-16-9-10)11(15)7-12(13)4-2-5-12/h3,6,9H,2,4-5,7-8,13H2,1H3. The number of rotatable bonds is 4. The minimum atomic E-state index is -0.208. The number of hydrogen-bond acceptors (Lipinski definition) is 3. The molecule has 1 heterocycles. The monoisotopic (exact) mass is 238 g/mol. The van der Waals surface area contributed by atoms with Gasteiger partial charge in [0.05, 0.1) is 0 Å². The van der Waals surface area contributed by atoms with Crippen LogP contribution in [0.2, 0.25) is 0 Å². The summed E-state index contributed by atoms with van der Waals surface area (Å²) in [6, 6.07) is 2.05. The van der Waals surface area contributed by atoms with Gasteiger partial charge in [0.25, 0.3) is 0 Å². The summed E-state index contributed by atoms with van der Waals surface area (Å²) in [6.07, 6.45) is 3.64. The smallest absolute Gasteiger partial charge is 0.224 e. The van der Waals surface area contributed by atoms with Gasteiger partial charge in [0.2, 0.25) is 5.91 Å². The van der Waals surface area contributed by atoms with Crippen molar-refractivity contribution in [2.45, 2.75) is 37.8 Å². The number of carbonyl (C=O) groups excluding carboxylic acids is 1. The highest BCUT2D eigenvalue weighted by molar-refractivity contribution is 7.07. The van der Waals surface area contributed by atoms with Crippen molar-refractivity contribution in [1.82, 2.24) is 4.90 Å². The molecule has 1 aromatic heterocycles. The molecule has 88 valence electrons. The fraction of sp³-hybridized carbons (Fsp3) is 0.583. The normalized spacial score (nSPS) is 17.9. The lowest BCUT2D eigenvalue weighted by Gasteiger charge is -2.38. The second-order valence-corrected chi connectivity index (χ2v) is 5.55. The van der Waals surface area contributed by atoms with E-state index in [0.29, 0.717) is 13.0 Å². The van der Waals surface area contributed by atoms with E-state index in [1.165, 1.54) is 5.56 Å². The van der Waals surface area contributed by atoms with E-state index in [1.807, 2.05) is 12.4 Å². The van der Waals surface area contributed by atoms with Crippen LogP contribution in [0.15, 0.2) is 16.8 Å². The highest BCUT2D eigenvalue weighted by atomic mass is 32.1. The summed E-state index contributed by atoms with van der Waals surface area (Å²) in [5, 5.41) is 4.11. The van der Waals surface area contributed by atoms with Crippen molar-refractivity contribution in [2.24, 2.45) is 5.73 Å². The molecule has 1 aromatic rings. The lowest BCUT2D eigenvalue weighted by molar-refractivity contribution is -0.132. The van der Waals surface area contributed by atoms with Gasteiger partial charge in [0, 0.05) is 25.6 Å². The minimum absolute atomic E-state index is 0.161. The lowest BCUT2D eigenvalue weighted by Crippen LogP contribution is -2.50. The largest absolute Gasteiger partial charge is 0.341 e. The molecule has 1 saturated carbocycles. The molecule has 2 N–H and O–H groups in total. The van der Waals surface area contributed by atoms with Gasteiger partial charge in [-0.25, -0.2) is 0 Å². The Labute approximate surface area is 100 Å². The topological polar surface area (TPSA) is 46.3 Å². The van der Waals surface area contributed by atoms with Gasteiger partial charge in [0.15, 0.2) is 0 Å². The molecule has 4 heteroatoms. The summed E-state index contributed by atoms with van der Waals surface area (Å²) in [7, 11) is 1.85. The van der Waals surface area contributed by atoms with Gasteiger partial charge in [-0.1, -0.05) is 0 Å². The molecule has 2 rings (SSSR count). The van der Waals surface area contributed by atoms with Crippen molar-refractivity contribution in [2.75, 3.05) is 7.05 Å². The highest BCUT2D eigenvalue weighted by Gasteiger charge is 2.35. The van der Waals surface area contributed by atoms with E-state index in [9.17, 15) is 4.79 Å². The van der Waals surface area contributed by atoms with E-state index in [-0.39, 0.29) is 11.4 Å². The number of hydrogen-bond donors (Lipinski definition) is 1. The van der Waals surface area contributed by atoms with Gasteiger partial charge >= 0.3 is 0 Å². The molecular weight excluding hydrogens is 220 g/mol. The molecule has 1 aliphatic rings. The zero-order valence-electron chi connectivity index (χ0n) is 9.61. The van der Waals surface area contributed by atoms with E-state index in [1.54, 1.807) is 16.2 Å². The van der Waals surface area contributed by atoms with Crippen molar-refractivity contribution < 1.29 is 4.79 Å². The first kappa shape index (κ1) is 11.6. The summed E-state index contributed by atoms with van der Waals surface area (Å²) in [5.74, 6) is 0.161. The molecule has 1 aliphatic carbocycles. The van der Waals surface area contributed by atoms with Crippen molar-refractivity contribution in [3.05, 3.63) is 22.4 Å². The fourth-order valence-corrected chi connectivity index (χ4v) is 2.65. The third-order valence-corrected chi connectivity index (χ3v) is 4.01. The fourth-order valence-electron chi connectivity index (χ4n) is 1.99. The number of thiophene rings is 1. The summed E-state index contributed by atoms with van der Waals surface area (Å²) < 4.78 is 0. The molecule has 1 amide bonds. The second kappa shape index (κ2) is 4.55. The molecule has 0 spiro atoms. The van der Waals surface area contributed by atoms with Crippen LogP contribution in [0, 0.1) is 0 Å². The van der Waals surface area contributed by atoms with Crippen LogP contribution in [0.4, 0.5) is 0 Å². The Hall–Kier alpha value is -0.870. The zero-order valence-corrected chi connectivity index (χ0v) is 10.4. The van der Waals surface area contributed by atoms with E-state index in [0.717, 1.165) is 19.3 Å². The number of amides is 1. The molecule has 0 atom stereocenters.